The van der Waals surface area contributed by atoms with Gasteiger partial charge in [-0.1, -0.05) is 65.8 Å². The summed E-state index contributed by atoms with van der Waals surface area (Å²) in [5.74, 6) is 0.636. The molecule has 162 valence electrons. The van der Waals surface area contributed by atoms with Crippen molar-refractivity contribution < 1.29 is 4.79 Å². The Bertz CT molecular complexity index is 1180. The summed E-state index contributed by atoms with van der Waals surface area (Å²) in [4.78, 5) is 12.7. The zero-order valence-electron chi connectivity index (χ0n) is 17.4. The van der Waals surface area contributed by atoms with Gasteiger partial charge in [0, 0.05) is 22.1 Å². The summed E-state index contributed by atoms with van der Waals surface area (Å²) in [6, 6.07) is 26.8. The number of carbonyl (C=O) groups is 1. The second-order valence-corrected chi connectivity index (χ2v) is 8.79. The fourth-order valence-electron chi connectivity index (χ4n) is 3.08. The Morgan fingerprint density at radius 1 is 0.969 bits per heavy atom. The van der Waals surface area contributed by atoms with E-state index in [-0.39, 0.29) is 11.2 Å². The number of aromatic nitrogens is 3. The number of nitrogens with one attached hydrogen (secondary N) is 2. The SMILES string of the molecule is CC(Sc1nnc(CNc2cccc(Cl)c2)n1-c1ccccc1)C(=O)Nc1ccccc1. The maximum absolute atomic E-state index is 12.7. The Morgan fingerprint density at radius 2 is 1.66 bits per heavy atom. The number of hydrogen-bond acceptors (Lipinski definition) is 5. The number of benzene rings is 3. The van der Waals surface area contributed by atoms with Crippen LogP contribution in [0.5, 0.6) is 0 Å². The van der Waals surface area contributed by atoms with Crippen LogP contribution in [-0.4, -0.2) is 25.9 Å². The van der Waals surface area contributed by atoms with Crippen molar-refractivity contribution in [3.05, 3.63) is 95.8 Å². The molecular formula is C24H22ClN5OS. The number of anilines is 2. The lowest BCUT2D eigenvalue weighted by molar-refractivity contribution is -0.115. The summed E-state index contributed by atoms with van der Waals surface area (Å²) in [5, 5.41) is 16.0. The normalized spacial score (nSPS) is 11.7. The Morgan fingerprint density at radius 3 is 2.38 bits per heavy atom. The Kier molecular flexibility index (Phi) is 7.09. The number of hydrogen-bond donors (Lipinski definition) is 2. The summed E-state index contributed by atoms with van der Waals surface area (Å²) in [7, 11) is 0. The van der Waals surface area contributed by atoms with Crippen molar-refractivity contribution >= 4 is 40.6 Å². The second-order valence-electron chi connectivity index (χ2n) is 7.05. The van der Waals surface area contributed by atoms with Crippen molar-refractivity contribution in [2.75, 3.05) is 10.6 Å². The maximum Gasteiger partial charge on any atom is 0.237 e. The van der Waals surface area contributed by atoms with E-state index in [1.165, 1.54) is 11.8 Å². The van der Waals surface area contributed by atoms with E-state index in [1.807, 2.05) is 96.4 Å². The van der Waals surface area contributed by atoms with Gasteiger partial charge in [-0.2, -0.15) is 0 Å². The molecule has 1 aromatic heterocycles. The number of rotatable bonds is 8. The number of thioether (sulfide) groups is 1. The van der Waals surface area contributed by atoms with Crippen LogP contribution in [0.25, 0.3) is 5.69 Å². The number of carbonyl (C=O) groups excluding carboxylic acids is 1. The van der Waals surface area contributed by atoms with Gasteiger partial charge in [0.2, 0.25) is 5.91 Å². The molecule has 2 N–H and O–H groups in total. The molecule has 0 aliphatic carbocycles. The minimum Gasteiger partial charge on any atom is -0.378 e. The van der Waals surface area contributed by atoms with Crippen LogP contribution in [0.15, 0.2) is 90.1 Å². The lowest BCUT2D eigenvalue weighted by Gasteiger charge is -2.14. The molecule has 0 saturated carbocycles. The first-order chi connectivity index (χ1) is 15.6. The fraction of sp³-hybridized carbons (Fsp3) is 0.125. The van der Waals surface area contributed by atoms with Gasteiger partial charge in [0.15, 0.2) is 11.0 Å². The number of amides is 1. The second kappa shape index (κ2) is 10.3. The Labute approximate surface area is 196 Å². The Hall–Kier alpha value is -3.29. The molecule has 1 heterocycles. The summed E-state index contributed by atoms with van der Waals surface area (Å²) in [5.41, 5.74) is 2.59. The van der Waals surface area contributed by atoms with Gasteiger partial charge in [-0.3, -0.25) is 9.36 Å². The molecule has 0 spiro atoms. The van der Waals surface area contributed by atoms with E-state index < -0.39 is 0 Å². The summed E-state index contributed by atoms with van der Waals surface area (Å²) >= 11 is 7.45. The number of halogens is 1. The van der Waals surface area contributed by atoms with Crippen molar-refractivity contribution in [3.8, 4) is 5.69 Å². The van der Waals surface area contributed by atoms with Crippen molar-refractivity contribution in [2.24, 2.45) is 0 Å². The molecule has 32 heavy (non-hydrogen) atoms. The summed E-state index contributed by atoms with van der Waals surface area (Å²) in [6.45, 7) is 2.31. The average Bonchev–Trinajstić information content (AvgIpc) is 3.21. The van der Waals surface area contributed by atoms with E-state index >= 15 is 0 Å². The zero-order valence-corrected chi connectivity index (χ0v) is 19.0. The smallest absolute Gasteiger partial charge is 0.237 e. The molecule has 4 aromatic rings. The van der Waals surface area contributed by atoms with Gasteiger partial charge in [-0.05, 0) is 49.4 Å². The zero-order chi connectivity index (χ0) is 22.3. The first-order valence-corrected chi connectivity index (χ1v) is 11.4. The molecule has 3 aromatic carbocycles. The lowest BCUT2D eigenvalue weighted by Crippen LogP contribution is -2.23. The molecule has 0 fully saturated rings. The van der Waals surface area contributed by atoms with E-state index in [4.69, 9.17) is 11.6 Å². The highest BCUT2D eigenvalue weighted by Crippen LogP contribution is 2.27. The summed E-state index contributed by atoms with van der Waals surface area (Å²) < 4.78 is 1.97. The topological polar surface area (TPSA) is 71.8 Å². The van der Waals surface area contributed by atoms with Gasteiger partial charge in [-0.25, -0.2) is 0 Å². The molecule has 0 saturated heterocycles. The quantitative estimate of drug-likeness (QED) is 0.330. The van der Waals surface area contributed by atoms with Crippen LogP contribution in [0.1, 0.15) is 12.7 Å². The van der Waals surface area contributed by atoms with Crippen molar-refractivity contribution in [1.82, 2.24) is 14.8 Å². The van der Waals surface area contributed by atoms with E-state index in [0.29, 0.717) is 16.7 Å². The first kappa shape index (κ1) is 21.9. The molecule has 0 bridgehead atoms. The average molecular weight is 464 g/mol. The highest BCUT2D eigenvalue weighted by molar-refractivity contribution is 8.00. The van der Waals surface area contributed by atoms with Gasteiger partial charge in [0.05, 0.1) is 11.8 Å². The number of para-hydroxylation sites is 2. The predicted molar refractivity (Wildman–Crippen MR) is 131 cm³/mol. The van der Waals surface area contributed by atoms with Crippen LogP contribution >= 0.6 is 23.4 Å². The van der Waals surface area contributed by atoms with Crippen LogP contribution in [0, 0.1) is 0 Å². The molecule has 8 heteroatoms. The minimum absolute atomic E-state index is 0.0950. The van der Waals surface area contributed by atoms with Gasteiger partial charge in [0.25, 0.3) is 0 Å². The van der Waals surface area contributed by atoms with Gasteiger partial charge in [0.1, 0.15) is 0 Å². The Balaban J connectivity index is 1.54. The van der Waals surface area contributed by atoms with E-state index in [2.05, 4.69) is 20.8 Å². The van der Waals surface area contributed by atoms with Crippen molar-refractivity contribution in [2.45, 2.75) is 23.9 Å². The summed E-state index contributed by atoms with van der Waals surface area (Å²) in [6.07, 6.45) is 0. The molecule has 1 amide bonds. The first-order valence-electron chi connectivity index (χ1n) is 10.1. The molecule has 1 atom stereocenters. The fourth-order valence-corrected chi connectivity index (χ4v) is 4.16. The van der Waals surface area contributed by atoms with Crippen LogP contribution in [0.2, 0.25) is 5.02 Å². The van der Waals surface area contributed by atoms with Crippen molar-refractivity contribution in [1.29, 1.82) is 0 Å². The van der Waals surface area contributed by atoms with Gasteiger partial charge < -0.3 is 10.6 Å². The van der Waals surface area contributed by atoms with Gasteiger partial charge >= 0.3 is 0 Å². The lowest BCUT2D eigenvalue weighted by atomic mass is 10.3. The molecule has 0 aliphatic rings. The third kappa shape index (κ3) is 5.49. The van der Waals surface area contributed by atoms with Crippen LogP contribution in [-0.2, 0) is 11.3 Å². The molecule has 0 aliphatic heterocycles. The van der Waals surface area contributed by atoms with E-state index in [0.717, 1.165) is 22.9 Å². The standard InChI is InChI=1S/C24H22ClN5OS/c1-17(23(31)27-19-10-4-2-5-11-19)32-24-29-28-22(30(24)21-13-6-3-7-14-21)16-26-20-12-8-9-18(25)15-20/h2-15,17,26H,16H2,1H3,(H,27,31). The molecule has 4 rings (SSSR count). The largest absolute Gasteiger partial charge is 0.378 e. The van der Waals surface area contributed by atoms with Crippen LogP contribution < -0.4 is 10.6 Å². The third-order valence-electron chi connectivity index (χ3n) is 4.68. The maximum atomic E-state index is 12.7. The third-order valence-corrected chi connectivity index (χ3v) is 5.96. The predicted octanol–water partition coefficient (Wildman–Crippen LogP) is 5.65. The van der Waals surface area contributed by atoms with Crippen LogP contribution in [0.4, 0.5) is 11.4 Å². The molecule has 0 radical (unpaired) electrons. The van der Waals surface area contributed by atoms with Crippen LogP contribution in [0.3, 0.4) is 0 Å². The van der Waals surface area contributed by atoms with E-state index in [9.17, 15) is 4.79 Å². The minimum atomic E-state index is -0.365. The molecule has 6 nitrogen and oxygen atoms in total. The van der Waals surface area contributed by atoms with Crippen molar-refractivity contribution in [3.63, 3.8) is 0 Å². The highest BCUT2D eigenvalue weighted by Gasteiger charge is 2.21. The highest BCUT2D eigenvalue weighted by atomic mass is 35.5. The monoisotopic (exact) mass is 463 g/mol. The van der Waals surface area contributed by atoms with E-state index in [1.54, 1.807) is 0 Å². The molecule has 1 unspecified atom stereocenters. The van der Waals surface area contributed by atoms with Gasteiger partial charge in [-0.15, -0.1) is 10.2 Å². The molecular weight excluding hydrogens is 442 g/mol. The number of nitrogens with zero attached hydrogens (tertiary/aromatic N) is 3.